The van der Waals surface area contributed by atoms with Crippen LogP contribution in [0.4, 0.5) is 9.52 Å². The van der Waals surface area contributed by atoms with Crippen LogP contribution < -0.4 is 15.4 Å². The Hall–Kier alpha value is -3.33. The third kappa shape index (κ3) is 4.49. The summed E-state index contributed by atoms with van der Waals surface area (Å²) in [5.41, 5.74) is 0.708. The van der Waals surface area contributed by atoms with Crippen molar-refractivity contribution in [1.82, 2.24) is 15.5 Å². The molecular weight excluding hydrogens is 383 g/mol. The molecule has 0 aliphatic heterocycles. The summed E-state index contributed by atoms with van der Waals surface area (Å²) in [6.07, 6.45) is 0. The Morgan fingerprint density at radius 1 is 1.11 bits per heavy atom. The number of anilines is 1. The molecule has 3 aromatic rings. The lowest BCUT2D eigenvalue weighted by Gasteiger charge is -2.13. The van der Waals surface area contributed by atoms with Gasteiger partial charge in [0.2, 0.25) is 11.0 Å². The second-order valence-corrected chi connectivity index (χ2v) is 6.78. The van der Waals surface area contributed by atoms with Gasteiger partial charge in [0.25, 0.3) is 5.91 Å². The van der Waals surface area contributed by atoms with E-state index in [1.807, 2.05) is 12.1 Å². The van der Waals surface area contributed by atoms with Gasteiger partial charge in [-0.15, -0.1) is 10.2 Å². The predicted molar refractivity (Wildman–Crippen MR) is 104 cm³/mol. The number of hydrogen-bond donors (Lipinski definition) is 2. The van der Waals surface area contributed by atoms with Gasteiger partial charge in [-0.05, 0) is 43.3 Å². The number of benzene rings is 2. The first kappa shape index (κ1) is 19.4. The molecule has 0 bridgehead atoms. The van der Waals surface area contributed by atoms with Gasteiger partial charge >= 0.3 is 0 Å². The normalized spacial score (nSPS) is 11.5. The van der Waals surface area contributed by atoms with Gasteiger partial charge in [0.1, 0.15) is 22.6 Å². The van der Waals surface area contributed by atoms with Gasteiger partial charge in [-0.2, -0.15) is 0 Å². The van der Waals surface area contributed by atoms with Crippen LogP contribution in [0.5, 0.6) is 5.75 Å². The van der Waals surface area contributed by atoms with Gasteiger partial charge in [0, 0.05) is 5.56 Å². The molecular formula is C19H17FN4O3S. The molecule has 0 aliphatic rings. The summed E-state index contributed by atoms with van der Waals surface area (Å²) < 4.78 is 18.8. The maximum atomic E-state index is 13.7. The molecule has 1 aromatic heterocycles. The van der Waals surface area contributed by atoms with Crippen molar-refractivity contribution in [3.63, 3.8) is 0 Å². The molecule has 0 fully saturated rings. The maximum absolute atomic E-state index is 13.7. The Balaban J connectivity index is 1.62. The van der Waals surface area contributed by atoms with E-state index < -0.39 is 23.7 Å². The fraction of sp³-hybridized carbons (Fsp3) is 0.158. The molecule has 0 saturated heterocycles. The molecule has 2 aromatic carbocycles. The molecule has 9 heteroatoms. The van der Waals surface area contributed by atoms with Gasteiger partial charge in [0.05, 0.1) is 12.7 Å². The van der Waals surface area contributed by atoms with E-state index in [2.05, 4.69) is 20.8 Å². The van der Waals surface area contributed by atoms with Gasteiger partial charge in [-0.25, -0.2) is 4.39 Å². The van der Waals surface area contributed by atoms with E-state index in [4.69, 9.17) is 4.74 Å². The fourth-order valence-electron chi connectivity index (χ4n) is 2.32. The molecule has 7 nitrogen and oxygen atoms in total. The van der Waals surface area contributed by atoms with E-state index in [1.54, 1.807) is 25.3 Å². The number of aromatic nitrogens is 2. The van der Waals surface area contributed by atoms with E-state index in [0.29, 0.717) is 10.1 Å². The van der Waals surface area contributed by atoms with Crippen LogP contribution in [0.25, 0.3) is 10.6 Å². The minimum Gasteiger partial charge on any atom is -0.497 e. The van der Waals surface area contributed by atoms with Gasteiger partial charge < -0.3 is 10.1 Å². The van der Waals surface area contributed by atoms with Crippen molar-refractivity contribution in [3.05, 3.63) is 59.9 Å². The Kier molecular flexibility index (Phi) is 5.95. The highest BCUT2D eigenvalue weighted by atomic mass is 32.1. The Morgan fingerprint density at radius 3 is 2.50 bits per heavy atom. The highest BCUT2D eigenvalue weighted by Crippen LogP contribution is 2.27. The van der Waals surface area contributed by atoms with Crippen LogP contribution in [0.1, 0.15) is 17.3 Å². The second kappa shape index (κ2) is 8.57. The van der Waals surface area contributed by atoms with Crippen molar-refractivity contribution < 1.29 is 18.7 Å². The summed E-state index contributed by atoms with van der Waals surface area (Å²) in [4.78, 5) is 24.4. The predicted octanol–water partition coefficient (Wildman–Crippen LogP) is 3.11. The van der Waals surface area contributed by atoms with Crippen molar-refractivity contribution in [2.75, 3.05) is 12.4 Å². The van der Waals surface area contributed by atoms with Crippen molar-refractivity contribution in [2.24, 2.45) is 0 Å². The van der Waals surface area contributed by atoms with E-state index >= 15 is 0 Å². The second-order valence-electron chi connectivity index (χ2n) is 5.81. The number of amides is 2. The molecule has 1 heterocycles. The zero-order chi connectivity index (χ0) is 20.1. The first-order chi connectivity index (χ1) is 13.5. The Bertz CT molecular complexity index is 991. The SMILES string of the molecule is COc1ccc(-c2nnc(NC(=O)[C@H](C)NC(=O)c3ccccc3F)s2)cc1. The van der Waals surface area contributed by atoms with Crippen LogP contribution in [0, 0.1) is 5.82 Å². The van der Waals surface area contributed by atoms with Crippen molar-refractivity contribution in [2.45, 2.75) is 13.0 Å². The lowest BCUT2D eigenvalue weighted by Crippen LogP contribution is -2.41. The number of carbonyl (C=O) groups excluding carboxylic acids is 2. The standard InChI is InChI=1S/C19H17FN4O3S/c1-11(21-17(26)14-5-3-4-6-15(14)20)16(25)22-19-24-23-18(28-19)12-7-9-13(27-2)10-8-12/h3-11H,1-2H3,(H,21,26)(H,22,24,25)/t11-/m0/s1. The molecule has 3 rings (SSSR count). The molecule has 0 spiro atoms. The van der Waals surface area contributed by atoms with Crippen molar-refractivity contribution in [1.29, 1.82) is 0 Å². The number of ether oxygens (including phenoxy) is 1. The van der Waals surface area contributed by atoms with Crippen LogP contribution >= 0.6 is 11.3 Å². The maximum Gasteiger partial charge on any atom is 0.254 e. The van der Waals surface area contributed by atoms with Crippen molar-refractivity contribution >= 4 is 28.3 Å². The lowest BCUT2D eigenvalue weighted by atomic mass is 10.2. The summed E-state index contributed by atoms with van der Waals surface area (Å²) in [6, 6.07) is 11.9. The van der Waals surface area contributed by atoms with E-state index in [9.17, 15) is 14.0 Å². The zero-order valence-electron chi connectivity index (χ0n) is 15.1. The number of carbonyl (C=O) groups is 2. The lowest BCUT2D eigenvalue weighted by molar-refractivity contribution is -0.117. The molecule has 0 unspecified atom stereocenters. The highest BCUT2D eigenvalue weighted by molar-refractivity contribution is 7.18. The fourth-order valence-corrected chi connectivity index (χ4v) is 3.07. The Labute approximate surface area is 164 Å². The van der Waals surface area contributed by atoms with Crippen molar-refractivity contribution in [3.8, 4) is 16.3 Å². The Morgan fingerprint density at radius 2 is 1.82 bits per heavy atom. The number of methoxy groups -OCH3 is 1. The van der Waals surface area contributed by atoms with E-state index in [1.165, 1.54) is 36.5 Å². The van der Waals surface area contributed by atoms with Crippen LogP contribution in [0.3, 0.4) is 0 Å². The average Bonchev–Trinajstić information content (AvgIpc) is 3.16. The van der Waals surface area contributed by atoms with Crippen LogP contribution in [0.2, 0.25) is 0 Å². The van der Waals surface area contributed by atoms with Gasteiger partial charge in [0.15, 0.2) is 0 Å². The number of hydrogen-bond acceptors (Lipinski definition) is 6. The molecule has 2 N–H and O–H groups in total. The number of nitrogens with zero attached hydrogens (tertiary/aromatic N) is 2. The number of nitrogens with one attached hydrogen (secondary N) is 2. The number of halogens is 1. The third-order valence-electron chi connectivity index (χ3n) is 3.85. The van der Waals surface area contributed by atoms with E-state index in [-0.39, 0.29) is 5.56 Å². The summed E-state index contributed by atoms with van der Waals surface area (Å²) in [6.45, 7) is 1.50. The summed E-state index contributed by atoms with van der Waals surface area (Å²) >= 11 is 1.20. The summed E-state index contributed by atoms with van der Waals surface area (Å²) in [7, 11) is 1.58. The summed E-state index contributed by atoms with van der Waals surface area (Å²) in [5, 5.41) is 14.0. The quantitative estimate of drug-likeness (QED) is 0.663. The monoisotopic (exact) mass is 400 g/mol. The topological polar surface area (TPSA) is 93.2 Å². The molecule has 1 atom stereocenters. The molecule has 0 saturated carbocycles. The highest BCUT2D eigenvalue weighted by Gasteiger charge is 2.20. The molecule has 0 radical (unpaired) electrons. The van der Waals surface area contributed by atoms with E-state index in [0.717, 1.165) is 11.3 Å². The average molecular weight is 400 g/mol. The minimum atomic E-state index is -0.888. The molecule has 144 valence electrons. The van der Waals surface area contributed by atoms with Gasteiger partial charge in [-0.3, -0.25) is 14.9 Å². The first-order valence-corrected chi connectivity index (χ1v) is 9.13. The first-order valence-electron chi connectivity index (χ1n) is 8.32. The molecule has 28 heavy (non-hydrogen) atoms. The largest absolute Gasteiger partial charge is 0.497 e. The summed E-state index contributed by atoms with van der Waals surface area (Å²) in [5.74, 6) is -1.08. The van der Waals surface area contributed by atoms with Crippen LogP contribution in [-0.4, -0.2) is 35.2 Å². The molecule has 2 amide bonds. The van der Waals surface area contributed by atoms with Gasteiger partial charge in [-0.1, -0.05) is 23.5 Å². The molecule has 0 aliphatic carbocycles. The van der Waals surface area contributed by atoms with Crippen LogP contribution in [-0.2, 0) is 4.79 Å². The smallest absolute Gasteiger partial charge is 0.254 e. The zero-order valence-corrected chi connectivity index (χ0v) is 15.9. The minimum absolute atomic E-state index is 0.125. The van der Waals surface area contributed by atoms with Crippen LogP contribution in [0.15, 0.2) is 48.5 Å². The third-order valence-corrected chi connectivity index (χ3v) is 4.74. The number of rotatable bonds is 6.